The highest BCUT2D eigenvalue weighted by Gasteiger charge is 2.11. The van der Waals surface area contributed by atoms with Gasteiger partial charge in [0.15, 0.2) is 0 Å². The average Bonchev–Trinajstić information content (AvgIpc) is 1.82. The van der Waals surface area contributed by atoms with Crippen LogP contribution in [0.5, 0.6) is 0 Å². The molecular weight excluding hydrogens is 256 g/mol. The quantitative estimate of drug-likeness (QED) is 0.779. The van der Waals surface area contributed by atoms with Crippen molar-refractivity contribution in [2.75, 3.05) is 14.1 Å². The number of allylic oxidation sites excluding steroid dienone is 2. The van der Waals surface area contributed by atoms with E-state index in [1.165, 1.54) is 14.1 Å². The average molecular weight is 269 g/mol. The van der Waals surface area contributed by atoms with E-state index in [4.69, 9.17) is 0 Å². The van der Waals surface area contributed by atoms with Crippen LogP contribution < -0.4 is 4.72 Å². The van der Waals surface area contributed by atoms with Crippen LogP contribution in [0.1, 0.15) is 6.92 Å². The van der Waals surface area contributed by atoms with Gasteiger partial charge < -0.3 is 0 Å². The van der Waals surface area contributed by atoms with Crippen LogP contribution >= 0.6 is 15.9 Å². The summed E-state index contributed by atoms with van der Waals surface area (Å²) < 4.78 is 26.6. The minimum Gasteiger partial charge on any atom is -0.272 e. The fourth-order valence-corrected chi connectivity index (χ4v) is 1.38. The summed E-state index contributed by atoms with van der Waals surface area (Å²) in [6, 6.07) is 0. The largest absolute Gasteiger partial charge is 0.301 e. The van der Waals surface area contributed by atoms with Crippen molar-refractivity contribution in [3.05, 3.63) is 22.8 Å². The molecule has 0 aromatic heterocycles. The van der Waals surface area contributed by atoms with Crippen molar-refractivity contribution < 1.29 is 8.42 Å². The van der Waals surface area contributed by atoms with Gasteiger partial charge in [-0.05, 0) is 17.5 Å². The van der Waals surface area contributed by atoms with Gasteiger partial charge in [0, 0.05) is 19.8 Å². The maximum Gasteiger partial charge on any atom is 0.301 e. The summed E-state index contributed by atoms with van der Waals surface area (Å²) in [5.41, 5.74) is 0.322. The van der Waals surface area contributed by atoms with Crippen LogP contribution in [-0.4, -0.2) is 26.8 Å². The molecule has 0 aliphatic carbocycles. The second-order valence-corrected chi connectivity index (χ2v) is 5.78. The topological polar surface area (TPSA) is 49.4 Å². The van der Waals surface area contributed by atoms with Crippen molar-refractivity contribution >= 4 is 26.1 Å². The highest BCUT2D eigenvalue weighted by Crippen LogP contribution is 2.05. The summed E-state index contributed by atoms with van der Waals surface area (Å²) in [6.07, 6.45) is 1.58. The summed E-state index contributed by atoms with van der Waals surface area (Å²) in [6.45, 7) is 5.33. The fourth-order valence-electron chi connectivity index (χ4n) is 0.526. The lowest BCUT2D eigenvalue weighted by Gasteiger charge is -2.13. The first-order valence-corrected chi connectivity index (χ1v) is 5.72. The molecule has 1 N–H and O–H groups in total. The number of halogens is 1. The van der Waals surface area contributed by atoms with Crippen LogP contribution in [0.15, 0.2) is 22.8 Å². The Bertz CT molecular complexity index is 315. The molecule has 0 aliphatic heterocycles. The molecule has 0 saturated heterocycles. The molecule has 13 heavy (non-hydrogen) atoms. The van der Waals surface area contributed by atoms with Crippen molar-refractivity contribution in [3.63, 3.8) is 0 Å². The Hall–Kier alpha value is -0.330. The Morgan fingerprint density at radius 3 is 2.31 bits per heavy atom. The predicted octanol–water partition coefficient (Wildman–Crippen LogP) is 1.19. The molecule has 0 amide bonds. The van der Waals surface area contributed by atoms with Crippen LogP contribution in [0.4, 0.5) is 0 Å². The molecule has 0 rings (SSSR count). The van der Waals surface area contributed by atoms with Crippen molar-refractivity contribution in [2.24, 2.45) is 0 Å². The van der Waals surface area contributed by atoms with Gasteiger partial charge in [-0.25, -0.2) is 0 Å². The molecule has 0 fully saturated rings. The first-order valence-electron chi connectivity index (χ1n) is 3.48. The van der Waals surface area contributed by atoms with E-state index in [2.05, 4.69) is 27.2 Å². The molecule has 4 nitrogen and oxygen atoms in total. The Morgan fingerprint density at radius 1 is 1.54 bits per heavy atom. The zero-order valence-electron chi connectivity index (χ0n) is 7.83. The van der Waals surface area contributed by atoms with E-state index in [1.807, 2.05) is 0 Å². The molecule has 0 aliphatic rings. The van der Waals surface area contributed by atoms with E-state index in [-0.39, 0.29) is 0 Å². The Labute approximate surface area is 87.6 Å². The van der Waals surface area contributed by atoms with Crippen molar-refractivity contribution in [2.45, 2.75) is 6.92 Å². The van der Waals surface area contributed by atoms with Gasteiger partial charge in [0.2, 0.25) is 0 Å². The third-order valence-electron chi connectivity index (χ3n) is 1.11. The SMILES string of the molecule is C=C(/C=C(\C)Br)NS(=O)(=O)N(C)C. The summed E-state index contributed by atoms with van der Waals surface area (Å²) in [7, 11) is -0.535. The minimum atomic E-state index is -3.42. The molecule has 0 aromatic carbocycles. The minimum absolute atomic E-state index is 0.322. The zero-order valence-corrected chi connectivity index (χ0v) is 10.2. The van der Waals surface area contributed by atoms with Crippen molar-refractivity contribution in [3.8, 4) is 0 Å². The van der Waals surface area contributed by atoms with Crippen molar-refractivity contribution in [1.29, 1.82) is 0 Å². The van der Waals surface area contributed by atoms with E-state index in [0.717, 1.165) is 8.79 Å². The molecule has 0 radical (unpaired) electrons. The molecule has 0 saturated carbocycles. The maximum atomic E-state index is 11.2. The highest BCUT2D eigenvalue weighted by molar-refractivity contribution is 9.11. The van der Waals surface area contributed by atoms with Crippen LogP contribution in [0.2, 0.25) is 0 Å². The molecule has 6 heteroatoms. The smallest absolute Gasteiger partial charge is 0.272 e. The molecule has 0 spiro atoms. The third kappa shape index (κ3) is 5.07. The third-order valence-corrected chi connectivity index (χ3v) is 2.82. The lowest BCUT2D eigenvalue weighted by molar-refractivity contribution is 0.513. The van der Waals surface area contributed by atoms with Crippen LogP contribution in [-0.2, 0) is 10.2 Å². The number of nitrogens with one attached hydrogen (secondary N) is 1. The van der Waals surface area contributed by atoms with E-state index in [1.54, 1.807) is 13.0 Å². The van der Waals surface area contributed by atoms with Crippen LogP contribution in [0.3, 0.4) is 0 Å². The first kappa shape index (κ1) is 12.7. The molecule has 0 aromatic rings. The van der Waals surface area contributed by atoms with Gasteiger partial charge in [-0.1, -0.05) is 22.5 Å². The number of hydrogen-bond donors (Lipinski definition) is 1. The Kier molecular flexibility index (Phi) is 4.66. The number of hydrogen-bond acceptors (Lipinski definition) is 2. The molecule has 76 valence electrons. The highest BCUT2D eigenvalue weighted by atomic mass is 79.9. The second kappa shape index (κ2) is 4.78. The van der Waals surface area contributed by atoms with E-state index in [9.17, 15) is 8.42 Å². The summed E-state index contributed by atoms with van der Waals surface area (Å²) in [4.78, 5) is 0. The lowest BCUT2D eigenvalue weighted by Crippen LogP contribution is -2.34. The van der Waals surface area contributed by atoms with E-state index >= 15 is 0 Å². The molecule has 0 unspecified atom stereocenters. The zero-order chi connectivity index (χ0) is 10.6. The molecule has 0 atom stereocenters. The van der Waals surface area contributed by atoms with E-state index in [0.29, 0.717) is 5.70 Å². The van der Waals surface area contributed by atoms with Gasteiger partial charge in [-0.3, -0.25) is 4.72 Å². The standard InChI is InChI=1S/C7H13BrN2O2S/c1-6(8)5-7(2)9-13(11,12)10(3)4/h5,9H,2H2,1,3-4H3/b6-5+. The van der Waals surface area contributed by atoms with Gasteiger partial charge in [-0.15, -0.1) is 0 Å². The lowest BCUT2D eigenvalue weighted by atomic mass is 10.4. The number of rotatable bonds is 4. The Balaban J connectivity index is 4.49. The second-order valence-electron chi connectivity index (χ2n) is 2.65. The van der Waals surface area contributed by atoms with Gasteiger partial charge in [0.25, 0.3) is 0 Å². The van der Waals surface area contributed by atoms with Gasteiger partial charge in [-0.2, -0.15) is 12.7 Å². The van der Waals surface area contributed by atoms with E-state index < -0.39 is 10.2 Å². The van der Waals surface area contributed by atoms with Crippen LogP contribution in [0.25, 0.3) is 0 Å². The van der Waals surface area contributed by atoms with Crippen LogP contribution in [0, 0.1) is 0 Å². The Morgan fingerprint density at radius 2 is 2.00 bits per heavy atom. The normalized spacial score (nSPS) is 13.2. The maximum absolute atomic E-state index is 11.2. The molecular formula is C7H13BrN2O2S. The summed E-state index contributed by atoms with van der Waals surface area (Å²) in [5, 5.41) is 0. The number of nitrogens with zero attached hydrogens (tertiary/aromatic N) is 1. The van der Waals surface area contributed by atoms with Crippen molar-refractivity contribution in [1.82, 2.24) is 9.03 Å². The molecule has 0 heterocycles. The monoisotopic (exact) mass is 268 g/mol. The summed E-state index contributed by atoms with van der Waals surface area (Å²) in [5.74, 6) is 0. The first-order chi connectivity index (χ1) is 5.75. The molecule has 0 bridgehead atoms. The fraction of sp³-hybridized carbons (Fsp3) is 0.429. The summed E-state index contributed by atoms with van der Waals surface area (Å²) >= 11 is 3.17. The van der Waals surface area contributed by atoms with Gasteiger partial charge >= 0.3 is 10.2 Å². The predicted molar refractivity (Wildman–Crippen MR) is 57.6 cm³/mol. The van der Waals surface area contributed by atoms with Gasteiger partial charge in [0.05, 0.1) is 0 Å². The van der Waals surface area contributed by atoms with Gasteiger partial charge in [0.1, 0.15) is 0 Å².